The molecule has 1 aliphatic heterocycles. The van der Waals surface area contributed by atoms with Gasteiger partial charge >= 0.3 is 23.9 Å². The number of nitrogens with one attached hydrogen (secondary N) is 2. The Morgan fingerprint density at radius 3 is 2.35 bits per heavy atom. The monoisotopic (exact) mass is 324 g/mol. The molecule has 1 saturated heterocycles. The average Bonchev–Trinajstić information content (AvgIpc) is 2.67. The number of carbonyl (C=O) groups excluding carboxylic acids is 5. The maximum absolute atomic E-state index is 11.8. The second-order valence-electron chi connectivity index (χ2n) is 5.93. The van der Waals surface area contributed by atoms with Gasteiger partial charge in [0, 0.05) is 13.1 Å². The number of urea groups is 2. The second kappa shape index (κ2) is 6.76. The van der Waals surface area contributed by atoms with Gasteiger partial charge in [-0.25, -0.2) is 14.5 Å². The van der Waals surface area contributed by atoms with Crippen LogP contribution in [-0.4, -0.2) is 59.2 Å². The molecule has 2 rings (SSSR count). The van der Waals surface area contributed by atoms with E-state index in [0.717, 1.165) is 32.7 Å². The molecule has 0 spiro atoms. The SMILES string of the molecule is C[C@@H]1CCCC[C@@H]1NC(=O)NC(=O)CN1C(=O)C(=O)N(C)C1=O. The van der Waals surface area contributed by atoms with Gasteiger partial charge in [0.2, 0.25) is 5.91 Å². The number of rotatable bonds is 3. The topological polar surface area (TPSA) is 116 Å². The van der Waals surface area contributed by atoms with Crippen molar-refractivity contribution in [3.8, 4) is 0 Å². The Morgan fingerprint density at radius 2 is 1.78 bits per heavy atom. The van der Waals surface area contributed by atoms with Crippen LogP contribution in [-0.2, 0) is 14.4 Å². The van der Waals surface area contributed by atoms with Crippen molar-refractivity contribution in [2.45, 2.75) is 38.6 Å². The highest BCUT2D eigenvalue weighted by molar-refractivity contribution is 6.44. The molecule has 126 valence electrons. The summed E-state index contributed by atoms with van der Waals surface area (Å²) in [6.07, 6.45) is 4.02. The molecule has 0 radical (unpaired) electrons. The van der Waals surface area contributed by atoms with Gasteiger partial charge in [0.15, 0.2) is 0 Å². The molecule has 1 aliphatic carbocycles. The third kappa shape index (κ3) is 3.66. The van der Waals surface area contributed by atoms with Gasteiger partial charge in [-0.2, -0.15) is 0 Å². The van der Waals surface area contributed by atoms with Crippen molar-refractivity contribution in [1.29, 1.82) is 0 Å². The molecule has 9 nitrogen and oxygen atoms in total. The van der Waals surface area contributed by atoms with E-state index in [-0.39, 0.29) is 6.04 Å². The van der Waals surface area contributed by atoms with E-state index in [1.807, 2.05) is 6.92 Å². The summed E-state index contributed by atoms with van der Waals surface area (Å²) in [6, 6.07) is -1.54. The molecule has 2 N–H and O–H groups in total. The van der Waals surface area contributed by atoms with Crippen molar-refractivity contribution >= 4 is 29.8 Å². The maximum atomic E-state index is 11.8. The summed E-state index contributed by atoms with van der Waals surface area (Å²) < 4.78 is 0. The van der Waals surface area contributed by atoms with E-state index in [2.05, 4.69) is 10.6 Å². The fraction of sp³-hybridized carbons (Fsp3) is 0.643. The van der Waals surface area contributed by atoms with Gasteiger partial charge in [0.05, 0.1) is 0 Å². The first-order valence-corrected chi connectivity index (χ1v) is 7.55. The Kier molecular flexibility index (Phi) is 4.97. The lowest BCUT2D eigenvalue weighted by atomic mass is 9.86. The lowest BCUT2D eigenvalue weighted by Crippen LogP contribution is -2.50. The zero-order valence-corrected chi connectivity index (χ0v) is 13.1. The van der Waals surface area contributed by atoms with Gasteiger partial charge in [-0.3, -0.25) is 24.6 Å². The number of amides is 7. The van der Waals surface area contributed by atoms with E-state index in [1.165, 1.54) is 0 Å². The minimum Gasteiger partial charge on any atom is -0.335 e. The summed E-state index contributed by atoms with van der Waals surface area (Å²) in [5, 5.41) is 4.81. The van der Waals surface area contributed by atoms with E-state index in [0.29, 0.717) is 15.7 Å². The van der Waals surface area contributed by atoms with Crippen LogP contribution in [0.4, 0.5) is 9.59 Å². The summed E-state index contributed by atoms with van der Waals surface area (Å²) in [4.78, 5) is 59.3. The van der Waals surface area contributed by atoms with Crippen molar-refractivity contribution in [1.82, 2.24) is 20.4 Å². The van der Waals surface area contributed by atoms with Crippen LogP contribution >= 0.6 is 0 Å². The number of imide groups is 3. The van der Waals surface area contributed by atoms with Gasteiger partial charge < -0.3 is 5.32 Å². The number of likely N-dealkylation sites (N-methyl/N-ethyl adjacent to an activating group) is 1. The standard InChI is InChI=1S/C14H20N4O5/c1-8-5-3-4-6-9(8)15-13(22)16-10(19)7-18-12(21)11(20)17(2)14(18)23/h8-9H,3-7H2,1-2H3,(H2,15,16,19,22)/t8-,9+/m1/s1. The van der Waals surface area contributed by atoms with Crippen LogP contribution in [0.15, 0.2) is 0 Å². The summed E-state index contributed by atoms with van der Waals surface area (Å²) in [5.74, 6) is -2.56. The van der Waals surface area contributed by atoms with Crippen molar-refractivity contribution in [3.05, 3.63) is 0 Å². The van der Waals surface area contributed by atoms with Gasteiger partial charge in [0.1, 0.15) is 6.54 Å². The average molecular weight is 324 g/mol. The Morgan fingerprint density at radius 1 is 1.13 bits per heavy atom. The molecule has 23 heavy (non-hydrogen) atoms. The quantitative estimate of drug-likeness (QED) is 0.551. The number of carbonyl (C=O) groups is 5. The molecule has 7 amide bonds. The normalized spacial score (nSPS) is 24.9. The number of hydrogen-bond acceptors (Lipinski definition) is 5. The lowest BCUT2D eigenvalue weighted by Gasteiger charge is -2.29. The molecule has 0 aromatic heterocycles. The van der Waals surface area contributed by atoms with Gasteiger partial charge in [0.25, 0.3) is 0 Å². The first-order chi connectivity index (χ1) is 10.8. The van der Waals surface area contributed by atoms with Gasteiger partial charge in [-0.1, -0.05) is 19.8 Å². The summed E-state index contributed by atoms with van der Waals surface area (Å²) in [7, 11) is 1.15. The third-order valence-corrected chi connectivity index (χ3v) is 4.23. The van der Waals surface area contributed by atoms with Crippen molar-refractivity contribution in [2.24, 2.45) is 5.92 Å². The maximum Gasteiger partial charge on any atom is 0.334 e. The first kappa shape index (κ1) is 16.9. The van der Waals surface area contributed by atoms with E-state index in [9.17, 15) is 24.0 Å². The Hall–Kier alpha value is -2.45. The van der Waals surface area contributed by atoms with Crippen LogP contribution in [0.3, 0.4) is 0 Å². The van der Waals surface area contributed by atoms with Gasteiger partial charge in [-0.05, 0) is 18.8 Å². The van der Waals surface area contributed by atoms with E-state index in [1.54, 1.807) is 0 Å². The molecular weight excluding hydrogens is 304 g/mol. The Balaban J connectivity index is 1.85. The van der Waals surface area contributed by atoms with E-state index in [4.69, 9.17) is 0 Å². The molecule has 0 aromatic rings. The summed E-state index contributed by atoms with van der Waals surface area (Å²) in [6.45, 7) is 1.37. The Labute approximate surface area is 133 Å². The highest BCUT2D eigenvalue weighted by Gasteiger charge is 2.43. The van der Waals surface area contributed by atoms with Crippen LogP contribution in [0.1, 0.15) is 32.6 Å². The zero-order chi connectivity index (χ0) is 17.1. The number of nitrogens with zero attached hydrogens (tertiary/aromatic N) is 2. The molecular formula is C14H20N4O5. The molecule has 0 bridgehead atoms. The van der Waals surface area contributed by atoms with E-state index >= 15 is 0 Å². The molecule has 1 saturated carbocycles. The molecule has 2 aliphatic rings. The van der Waals surface area contributed by atoms with Crippen LogP contribution < -0.4 is 10.6 Å². The second-order valence-corrected chi connectivity index (χ2v) is 5.93. The molecule has 0 unspecified atom stereocenters. The molecule has 0 aromatic carbocycles. The molecule has 1 heterocycles. The van der Waals surface area contributed by atoms with Crippen molar-refractivity contribution < 1.29 is 24.0 Å². The van der Waals surface area contributed by atoms with Crippen LogP contribution in [0, 0.1) is 5.92 Å². The first-order valence-electron chi connectivity index (χ1n) is 7.55. The minimum atomic E-state index is -1.08. The molecule has 2 fully saturated rings. The summed E-state index contributed by atoms with van der Waals surface area (Å²) in [5.41, 5.74) is 0. The molecule has 2 atom stereocenters. The van der Waals surface area contributed by atoms with Crippen LogP contribution in [0.25, 0.3) is 0 Å². The fourth-order valence-corrected chi connectivity index (χ4v) is 2.80. The fourth-order valence-electron chi connectivity index (χ4n) is 2.80. The van der Waals surface area contributed by atoms with Crippen LogP contribution in [0.2, 0.25) is 0 Å². The predicted octanol–water partition coefficient (Wildman–Crippen LogP) is -0.188. The smallest absolute Gasteiger partial charge is 0.334 e. The number of hydrogen-bond donors (Lipinski definition) is 2. The largest absolute Gasteiger partial charge is 0.335 e. The highest BCUT2D eigenvalue weighted by Crippen LogP contribution is 2.23. The Bertz CT molecular complexity index is 561. The summed E-state index contributed by atoms with van der Waals surface area (Å²) >= 11 is 0. The van der Waals surface area contributed by atoms with Crippen molar-refractivity contribution in [3.63, 3.8) is 0 Å². The predicted molar refractivity (Wildman–Crippen MR) is 78.0 cm³/mol. The third-order valence-electron chi connectivity index (χ3n) is 4.23. The van der Waals surface area contributed by atoms with Crippen LogP contribution in [0.5, 0.6) is 0 Å². The van der Waals surface area contributed by atoms with Gasteiger partial charge in [-0.15, -0.1) is 0 Å². The molecule has 9 heteroatoms. The highest BCUT2D eigenvalue weighted by atomic mass is 16.2. The lowest BCUT2D eigenvalue weighted by molar-refractivity contribution is -0.143. The zero-order valence-electron chi connectivity index (χ0n) is 13.1. The van der Waals surface area contributed by atoms with Crippen molar-refractivity contribution in [2.75, 3.05) is 13.6 Å². The minimum absolute atomic E-state index is 0.000637. The van der Waals surface area contributed by atoms with E-state index < -0.39 is 36.3 Å².